The molecule has 0 unspecified atom stereocenters. The van der Waals surface area contributed by atoms with Gasteiger partial charge < -0.3 is 4.57 Å². The summed E-state index contributed by atoms with van der Waals surface area (Å²) < 4.78 is 30.1. The Labute approximate surface area is 224 Å². The first-order chi connectivity index (χ1) is 18.1. The van der Waals surface area contributed by atoms with Crippen LogP contribution in [-0.4, -0.2) is 31.7 Å². The summed E-state index contributed by atoms with van der Waals surface area (Å²) in [6, 6.07) is 23.4. The fraction of sp³-hybridized carbons (Fsp3) is 0.200. The van der Waals surface area contributed by atoms with Gasteiger partial charge in [-0.1, -0.05) is 53.6 Å². The van der Waals surface area contributed by atoms with Crippen molar-refractivity contribution in [2.45, 2.75) is 39.5 Å². The molecule has 8 heteroatoms. The number of amides is 1. The Kier molecular flexibility index (Phi) is 7.83. The smallest absolute Gasteiger partial charge is 0.264 e. The molecule has 0 saturated heterocycles. The molecule has 0 aliphatic heterocycles. The van der Waals surface area contributed by atoms with Gasteiger partial charge in [0.05, 0.1) is 16.8 Å². The summed E-state index contributed by atoms with van der Waals surface area (Å²) >= 11 is 0. The third-order valence-electron chi connectivity index (χ3n) is 6.40. The molecule has 3 aromatic carbocycles. The van der Waals surface area contributed by atoms with Gasteiger partial charge in [-0.25, -0.2) is 13.8 Å². The van der Waals surface area contributed by atoms with E-state index in [1.807, 2.05) is 26.8 Å². The molecule has 0 bridgehead atoms. The van der Waals surface area contributed by atoms with Gasteiger partial charge in [-0.05, 0) is 76.6 Å². The fourth-order valence-corrected chi connectivity index (χ4v) is 5.85. The second kappa shape index (κ2) is 11.1. The van der Waals surface area contributed by atoms with E-state index in [-0.39, 0.29) is 4.90 Å². The molecule has 0 radical (unpaired) electrons. The number of carbonyl (C=O) groups excluding carboxylic acids is 1. The topological polar surface area (TPSA) is 83.8 Å². The molecule has 1 amide bonds. The van der Waals surface area contributed by atoms with Crippen LogP contribution < -0.4 is 9.73 Å². The zero-order valence-corrected chi connectivity index (χ0v) is 23.1. The van der Waals surface area contributed by atoms with Crippen molar-refractivity contribution in [1.82, 2.24) is 9.99 Å². The second-order valence-electron chi connectivity index (χ2n) is 9.41. The van der Waals surface area contributed by atoms with Crippen LogP contribution in [0.2, 0.25) is 0 Å². The molecule has 0 aliphatic rings. The maximum absolute atomic E-state index is 13.4. The van der Waals surface area contributed by atoms with E-state index in [0.29, 0.717) is 5.69 Å². The van der Waals surface area contributed by atoms with Crippen molar-refractivity contribution in [1.29, 1.82) is 0 Å². The van der Waals surface area contributed by atoms with Gasteiger partial charge in [-0.2, -0.15) is 5.10 Å². The number of para-hydroxylation sites is 1. The van der Waals surface area contributed by atoms with Crippen LogP contribution in [0.4, 0.5) is 5.69 Å². The first kappa shape index (κ1) is 26.9. The van der Waals surface area contributed by atoms with E-state index in [1.54, 1.807) is 60.8 Å². The number of rotatable bonds is 8. The molecule has 0 atom stereocenters. The van der Waals surface area contributed by atoms with Gasteiger partial charge in [0.2, 0.25) is 0 Å². The van der Waals surface area contributed by atoms with Crippen molar-refractivity contribution in [2.24, 2.45) is 5.10 Å². The lowest BCUT2D eigenvalue weighted by atomic mass is 10.1. The summed E-state index contributed by atoms with van der Waals surface area (Å²) in [5.41, 5.74) is 10.2. The molecule has 4 aromatic rings. The number of nitrogens with zero attached hydrogens (tertiary/aromatic N) is 3. The predicted molar refractivity (Wildman–Crippen MR) is 153 cm³/mol. The lowest BCUT2D eigenvalue weighted by Crippen LogP contribution is -2.39. The van der Waals surface area contributed by atoms with Crippen molar-refractivity contribution in [2.75, 3.05) is 10.8 Å². The quantitative estimate of drug-likeness (QED) is 0.247. The number of hydrazone groups is 1. The zero-order chi connectivity index (χ0) is 27.4. The van der Waals surface area contributed by atoms with Gasteiger partial charge in [0.1, 0.15) is 6.54 Å². The summed E-state index contributed by atoms with van der Waals surface area (Å²) in [7, 11) is -3.97. The number of aromatic nitrogens is 1. The van der Waals surface area contributed by atoms with Crippen LogP contribution in [0.25, 0.3) is 5.69 Å². The summed E-state index contributed by atoms with van der Waals surface area (Å²) in [5, 5.41) is 4.14. The molecule has 0 spiro atoms. The number of anilines is 1. The molecule has 7 nitrogen and oxygen atoms in total. The molecule has 1 N–H and O–H groups in total. The highest BCUT2D eigenvalue weighted by Crippen LogP contribution is 2.25. The van der Waals surface area contributed by atoms with Gasteiger partial charge in [-0.15, -0.1) is 0 Å². The van der Waals surface area contributed by atoms with Gasteiger partial charge in [0.25, 0.3) is 15.9 Å². The van der Waals surface area contributed by atoms with Crippen molar-refractivity contribution in [3.05, 3.63) is 113 Å². The van der Waals surface area contributed by atoms with Gasteiger partial charge in [0.15, 0.2) is 0 Å². The van der Waals surface area contributed by atoms with Crippen LogP contribution in [0.3, 0.4) is 0 Å². The monoisotopic (exact) mass is 528 g/mol. The Balaban J connectivity index is 1.54. The first-order valence-electron chi connectivity index (χ1n) is 12.3. The summed E-state index contributed by atoms with van der Waals surface area (Å²) in [6.07, 6.45) is 1.58. The number of nitrogens with one attached hydrogen (secondary N) is 1. The molecule has 0 aliphatic carbocycles. The minimum Gasteiger partial charge on any atom is -0.318 e. The highest BCUT2D eigenvalue weighted by Gasteiger charge is 2.27. The number of benzene rings is 3. The van der Waals surface area contributed by atoms with Crippen molar-refractivity contribution < 1.29 is 13.2 Å². The van der Waals surface area contributed by atoms with Crippen LogP contribution in [0.15, 0.2) is 88.9 Å². The second-order valence-corrected chi connectivity index (χ2v) is 11.3. The first-order valence-corrected chi connectivity index (χ1v) is 13.7. The maximum Gasteiger partial charge on any atom is 0.264 e. The van der Waals surface area contributed by atoms with Crippen LogP contribution in [0.5, 0.6) is 0 Å². The fourth-order valence-electron chi connectivity index (χ4n) is 4.43. The maximum atomic E-state index is 13.4. The Morgan fingerprint density at radius 3 is 2.21 bits per heavy atom. The van der Waals surface area contributed by atoms with Crippen molar-refractivity contribution in [3.8, 4) is 5.69 Å². The lowest BCUT2D eigenvalue weighted by molar-refractivity contribution is -0.119. The molecular weight excluding hydrogens is 496 g/mol. The third-order valence-corrected chi connectivity index (χ3v) is 8.18. The number of hydrogen-bond acceptors (Lipinski definition) is 4. The highest BCUT2D eigenvalue weighted by molar-refractivity contribution is 7.92. The largest absolute Gasteiger partial charge is 0.318 e. The molecule has 1 heterocycles. The van der Waals surface area contributed by atoms with E-state index in [2.05, 4.69) is 47.1 Å². The van der Waals surface area contributed by atoms with Crippen molar-refractivity contribution >= 4 is 27.8 Å². The minimum atomic E-state index is -3.97. The third kappa shape index (κ3) is 5.70. The lowest BCUT2D eigenvalue weighted by Gasteiger charge is -2.23. The molecule has 0 saturated carbocycles. The summed E-state index contributed by atoms with van der Waals surface area (Å²) in [6.45, 7) is 9.64. The zero-order valence-electron chi connectivity index (χ0n) is 22.3. The summed E-state index contributed by atoms with van der Waals surface area (Å²) in [5.74, 6) is -0.552. The summed E-state index contributed by atoms with van der Waals surface area (Å²) in [4.78, 5) is 13.0. The van der Waals surface area contributed by atoms with Gasteiger partial charge in [0, 0.05) is 22.6 Å². The van der Waals surface area contributed by atoms with Crippen LogP contribution >= 0.6 is 0 Å². The Bertz CT molecular complexity index is 1590. The van der Waals surface area contributed by atoms with E-state index in [9.17, 15) is 13.2 Å². The molecule has 1 aromatic heterocycles. The number of sulfonamides is 1. The molecule has 4 rings (SSSR count). The van der Waals surface area contributed by atoms with Gasteiger partial charge >= 0.3 is 0 Å². The van der Waals surface area contributed by atoms with E-state index in [4.69, 9.17) is 0 Å². The Hall–Kier alpha value is -4.17. The average molecular weight is 529 g/mol. The molecule has 38 heavy (non-hydrogen) atoms. The Morgan fingerprint density at radius 2 is 1.55 bits per heavy atom. The Morgan fingerprint density at radius 1 is 0.895 bits per heavy atom. The van der Waals surface area contributed by atoms with Crippen LogP contribution in [0.1, 0.15) is 33.6 Å². The predicted octanol–water partition coefficient (Wildman–Crippen LogP) is 5.37. The van der Waals surface area contributed by atoms with E-state index < -0.39 is 22.5 Å². The average Bonchev–Trinajstić information content (AvgIpc) is 3.16. The number of hydrogen-bond donors (Lipinski definition) is 1. The van der Waals surface area contributed by atoms with E-state index in [1.165, 1.54) is 11.1 Å². The number of carbonyl (C=O) groups is 1. The minimum absolute atomic E-state index is 0.113. The number of aryl methyl sites for hydroxylation is 4. The SMILES string of the molecule is Cc1ccc(S(=O)(=O)N(CC(=O)N/N=C\c2cc(C)n(-c3ccc(C)cc3C)c2C)c2ccccc2)cc1. The highest BCUT2D eigenvalue weighted by atomic mass is 32.2. The normalized spacial score (nSPS) is 11.6. The van der Waals surface area contributed by atoms with Crippen LogP contribution in [-0.2, 0) is 14.8 Å². The standard InChI is InChI=1S/C30H32N4O3S/c1-21-11-14-28(15-12-21)38(36,37)33(27-9-7-6-8-10-27)20-30(35)32-31-19-26-18-24(4)34(25(26)5)29-16-13-22(2)17-23(29)3/h6-19H,20H2,1-5H3,(H,32,35)/b31-19-. The van der Waals surface area contributed by atoms with Crippen molar-refractivity contribution in [3.63, 3.8) is 0 Å². The van der Waals surface area contributed by atoms with E-state index in [0.717, 1.165) is 32.5 Å². The molecule has 0 fully saturated rings. The van der Waals surface area contributed by atoms with Crippen LogP contribution in [0, 0.1) is 34.6 Å². The van der Waals surface area contributed by atoms with E-state index >= 15 is 0 Å². The molecule has 196 valence electrons. The molecular formula is C30H32N4O3S. The van der Waals surface area contributed by atoms with Gasteiger partial charge in [-0.3, -0.25) is 9.10 Å².